The molecule has 1 unspecified atom stereocenters. The number of carbonyl (C=O) groups excluding carboxylic acids is 1. The minimum Gasteiger partial charge on any atom is -0.466 e. The predicted molar refractivity (Wildman–Crippen MR) is 94.0 cm³/mol. The molecule has 0 amide bonds. The molecule has 0 spiro atoms. The van der Waals surface area contributed by atoms with Crippen molar-refractivity contribution in [2.75, 3.05) is 19.0 Å². The van der Waals surface area contributed by atoms with Crippen LogP contribution >= 0.6 is 0 Å². The third kappa shape index (κ3) is 4.87. The van der Waals surface area contributed by atoms with Crippen LogP contribution in [-0.2, 0) is 9.53 Å². The van der Waals surface area contributed by atoms with E-state index in [-0.39, 0.29) is 23.5 Å². The number of nitrogens with one attached hydrogen (secondary N) is 1. The Bertz CT molecular complexity index is 838. The lowest BCUT2D eigenvalue weighted by molar-refractivity contribution is -0.384. The lowest BCUT2D eigenvalue weighted by Gasteiger charge is -2.14. The van der Waals surface area contributed by atoms with Gasteiger partial charge in [0.05, 0.1) is 18.1 Å². The summed E-state index contributed by atoms with van der Waals surface area (Å²) in [5.74, 6) is -1.14. The highest BCUT2D eigenvalue weighted by molar-refractivity contribution is 5.87. The fourth-order valence-corrected chi connectivity index (χ4v) is 2.25. The Labute approximate surface area is 148 Å². The molecule has 2 aromatic rings. The van der Waals surface area contributed by atoms with E-state index in [1.54, 1.807) is 12.1 Å². The number of nitrogens with zero attached hydrogens (tertiary/aromatic N) is 1. The van der Waals surface area contributed by atoms with Gasteiger partial charge in [-0.25, -0.2) is 9.18 Å². The number of benzene rings is 2. The Balaban J connectivity index is 2.16. The third-order valence-corrected chi connectivity index (χ3v) is 3.58. The summed E-state index contributed by atoms with van der Waals surface area (Å²) in [6.45, 7) is -0.112. The normalized spacial score (nSPS) is 12.0. The minimum absolute atomic E-state index is 0.0975. The van der Waals surface area contributed by atoms with Gasteiger partial charge >= 0.3 is 5.97 Å². The van der Waals surface area contributed by atoms with Crippen LogP contribution in [-0.4, -0.2) is 29.7 Å². The molecule has 136 valence electrons. The average molecular weight is 360 g/mol. The lowest BCUT2D eigenvalue weighted by Crippen LogP contribution is -2.14. The largest absolute Gasteiger partial charge is 0.466 e. The monoisotopic (exact) mass is 360 g/mol. The van der Waals surface area contributed by atoms with Crippen LogP contribution in [0.1, 0.15) is 17.2 Å². The number of aliphatic hydroxyl groups excluding tert-OH is 1. The van der Waals surface area contributed by atoms with Crippen molar-refractivity contribution in [1.82, 2.24) is 0 Å². The highest BCUT2D eigenvalue weighted by atomic mass is 19.1. The topological polar surface area (TPSA) is 102 Å². The third-order valence-electron chi connectivity index (χ3n) is 3.58. The molecule has 0 aromatic heterocycles. The van der Waals surface area contributed by atoms with Crippen molar-refractivity contribution in [2.45, 2.75) is 6.10 Å². The van der Waals surface area contributed by atoms with Crippen LogP contribution in [0, 0.1) is 15.9 Å². The summed E-state index contributed by atoms with van der Waals surface area (Å²) in [4.78, 5) is 21.8. The number of methoxy groups -OCH3 is 1. The van der Waals surface area contributed by atoms with Gasteiger partial charge < -0.3 is 15.2 Å². The number of esters is 1. The van der Waals surface area contributed by atoms with Crippen molar-refractivity contribution < 1.29 is 24.0 Å². The standard InChI is InChI=1S/C18H17FN2O5/c1-26-18(23)9-7-12-6-8-15(16(10-12)21(24)25)20-11-17(22)13-4-2-3-5-14(13)19/h2-10,17,20,22H,11H2,1H3/b9-7+. The zero-order chi connectivity index (χ0) is 19.1. The Morgan fingerprint density at radius 1 is 1.38 bits per heavy atom. The van der Waals surface area contributed by atoms with Gasteiger partial charge in [-0.2, -0.15) is 0 Å². The van der Waals surface area contributed by atoms with Crippen LogP contribution < -0.4 is 5.32 Å². The smallest absolute Gasteiger partial charge is 0.330 e. The van der Waals surface area contributed by atoms with Gasteiger partial charge in [-0.1, -0.05) is 24.3 Å². The molecule has 0 aliphatic heterocycles. The first kappa shape index (κ1) is 19.1. The molecule has 0 heterocycles. The van der Waals surface area contributed by atoms with E-state index in [1.165, 1.54) is 43.5 Å². The van der Waals surface area contributed by atoms with Gasteiger partial charge in [0.25, 0.3) is 5.69 Å². The number of rotatable bonds is 7. The number of halogens is 1. The Kier molecular flexibility index (Phi) is 6.40. The summed E-state index contributed by atoms with van der Waals surface area (Å²) < 4.78 is 18.1. The maximum atomic E-state index is 13.7. The first-order valence-corrected chi connectivity index (χ1v) is 7.63. The van der Waals surface area contributed by atoms with E-state index in [0.717, 1.165) is 6.08 Å². The molecule has 0 aliphatic carbocycles. The SMILES string of the molecule is COC(=O)/C=C/c1ccc(NCC(O)c2ccccc2F)c([N+](=O)[O-])c1. The summed E-state index contributed by atoms with van der Waals surface area (Å²) in [5.41, 5.74) is 0.459. The van der Waals surface area contributed by atoms with Crippen molar-refractivity contribution in [2.24, 2.45) is 0 Å². The van der Waals surface area contributed by atoms with Crippen LogP contribution in [0.15, 0.2) is 48.5 Å². The summed E-state index contributed by atoms with van der Waals surface area (Å²) >= 11 is 0. The Hall–Kier alpha value is -3.26. The number of ether oxygens (including phenoxy) is 1. The molecule has 26 heavy (non-hydrogen) atoms. The lowest BCUT2D eigenvalue weighted by atomic mass is 10.1. The van der Waals surface area contributed by atoms with Gasteiger partial charge in [0.2, 0.25) is 0 Å². The average Bonchev–Trinajstić information content (AvgIpc) is 2.64. The van der Waals surface area contributed by atoms with E-state index >= 15 is 0 Å². The summed E-state index contributed by atoms with van der Waals surface area (Å²) in [6.07, 6.45) is 1.36. The summed E-state index contributed by atoms with van der Waals surface area (Å²) in [6, 6.07) is 10.0. The van der Waals surface area contributed by atoms with Crippen LogP contribution in [0.2, 0.25) is 0 Å². The maximum Gasteiger partial charge on any atom is 0.330 e. The first-order chi connectivity index (χ1) is 12.4. The fourth-order valence-electron chi connectivity index (χ4n) is 2.25. The Morgan fingerprint density at radius 2 is 2.12 bits per heavy atom. The molecular formula is C18H17FN2O5. The van der Waals surface area contributed by atoms with Crippen LogP contribution in [0.3, 0.4) is 0 Å². The maximum absolute atomic E-state index is 13.7. The zero-order valence-electron chi connectivity index (χ0n) is 13.9. The fraction of sp³-hybridized carbons (Fsp3) is 0.167. The molecule has 8 heteroatoms. The number of nitro benzene ring substituents is 1. The second-order valence-electron chi connectivity index (χ2n) is 5.31. The van der Waals surface area contributed by atoms with E-state index in [2.05, 4.69) is 10.1 Å². The molecule has 2 rings (SSSR count). The van der Waals surface area contributed by atoms with Gasteiger partial charge in [-0.15, -0.1) is 0 Å². The molecule has 0 saturated carbocycles. The molecule has 1 atom stereocenters. The van der Waals surface area contributed by atoms with Crippen molar-refractivity contribution in [1.29, 1.82) is 0 Å². The number of aliphatic hydroxyl groups is 1. The predicted octanol–water partition coefficient (Wildman–Crippen LogP) is 3.07. The molecule has 0 bridgehead atoms. The second kappa shape index (κ2) is 8.72. The first-order valence-electron chi connectivity index (χ1n) is 7.63. The number of hydrogen-bond donors (Lipinski definition) is 2. The van der Waals surface area contributed by atoms with Crippen molar-refractivity contribution in [3.8, 4) is 0 Å². The van der Waals surface area contributed by atoms with Crippen LogP contribution in [0.25, 0.3) is 6.08 Å². The number of hydrogen-bond acceptors (Lipinski definition) is 6. The van der Waals surface area contributed by atoms with Crippen molar-refractivity contribution in [3.63, 3.8) is 0 Å². The summed E-state index contributed by atoms with van der Waals surface area (Å²) in [7, 11) is 1.23. The van der Waals surface area contributed by atoms with Crippen LogP contribution in [0.5, 0.6) is 0 Å². The molecule has 0 radical (unpaired) electrons. The highest BCUT2D eigenvalue weighted by Gasteiger charge is 2.17. The van der Waals surface area contributed by atoms with Gasteiger partial charge in [-0.05, 0) is 23.8 Å². The van der Waals surface area contributed by atoms with Gasteiger partial charge in [-0.3, -0.25) is 10.1 Å². The van der Waals surface area contributed by atoms with E-state index in [9.17, 15) is 24.4 Å². The van der Waals surface area contributed by atoms with Crippen molar-refractivity contribution >= 4 is 23.4 Å². The molecule has 0 fully saturated rings. The quantitative estimate of drug-likeness (QED) is 0.341. The highest BCUT2D eigenvalue weighted by Crippen LogP contribution is 2.27. The molecule has 2 N–H and O–H groups in total. The van der Waals surface area contributed by atoms with E-state index in [0.29, 0.717) is 5.56 Å². The zero-order valence-corrected chi connectivity index (χ0v) is 13.9. The Morgan fingerprint density at radius 3 is 2.77 bits per heavy atom. The number of carbonyl (C=O) groups is 1. The molecule has 2 aromatic carbocycles. The van der Waals surface area contributed by atoms with E-state index < -0.39 is 22.8 Å². The minimum atomic E-state index is -1.17. The van der Waals surface area contributed by atoms with Gasteiger partial charge in [0.1, 0.15) is 11.5 Å². The molecular weight excluding hydrogens is 343 g/mol. The number of anilines is 1. The molecule has 0 saturated heterocycles. The van der Waals surface area contributed by atoms with Crippen molar-refractivity contribution in [3.05, 3.63) is 75.6 Å². The number of nitro groups is 1. The van der Waals surface area contributed by atoms with E-state index in [4.69, 9.17) is 0 Å². The second-order valence-corrected chi connectivity index (χ2v) is 5.31. The molecule has 7 nitrogen and oxygen atoms in total. The molecule has 0 aliphatic rings. The van der Waals surface area contributed by atoms with Gasteiger partial charge in [0.15, 0.2) is 0 Å². The van der Waals surface area contributed by atoms with Gasteiger partial charge in [0, 0.05) is 24.3 Å². The summed E-state index contributed by atoms with van der Waals surface area (Å²) in [5, 5.41) is 24.1. The van der Waals surface area contributed by atoms with E-state index in [1.807, 2.05) is 0 Å². The van der Waals surface area contributed by atoms with Crippen LogP contribution in [0.4, 0.5) is 15.8 Å².